The Kier molecular flexibility index (Phi) is 4.44. The second kappa shape index (κ2) is 6.29. The second-order valence-electron chi connectivity index (χ2n) is 6.13. The fourth-order valence-electron chi connectivity index (χ4n) is 3.71. The molecule has 110 valence electrons. The van der Waals surface area contributed by atoms with Gasteiger partial charge < -0.3 is 10.6 Å². The zero-order valence-corrected chi connectivity index (χ0v) is 13.6. The van der Waals surface area contributed by atoms with Gasteiger partial charge in [0.2, 0.25) is 0 Å². The maximum Gasteiger partial charge on any atom is 0.145 e. The third kappa shape index (κ3) is 2.92. The molecule has 2 N–H and O–H groups in total. The number of hydrogen-bond acceptors (Lipinski definition) is 4. The molecule has 0 spiro atoms. The summed E-state index contributed by atoms with van der Waals surface area (Å²) >= 11 is 3.61. The summed E-state index contributed by atoms with van der Waals surface area (Å²) in [6.45, 7) is 4.13. The van der Waals surface area contributed by atoms with Crippen molar-refractivity contribution < 1.29 is 0 Å². The van der Waals surface area contributed by atoms with Crippen LogP contribution in [-0.2, 0) is 0 Å². The fraction of sp³-hybridized carbons (Fsp3) is 0.733. The second-order valence-corrected chi connectivity index (χ2v) is 6.92. The molecule has 0 amide bonds. The van der Waals surface area contributed by atoms with Crippen LogP contribution in [0.15, 0.2) is 10.8 Å². The van der Waals surface area contributed by atoms with Crippen molar-refractivity contribution >= 4 is 27.6 Å². The zero-order valence-electron chi connectivity index (χ0n) is 12.0. The molecule has 1 heterocycles. The number of rotatable bonds is 6. The molecule has 0 radical (unpaired) electrons. The van der Waals surface area contributed by atoms with Crippen LogP contribution in [-0.4, -0.2) is 23.1 Å². The van der Waals surface area contributed by atoms with E-state index in [4.69, 9.17) is 0 Å². The van der Waals surface area contributed by atoms with Crippen LogP contribution in [0.4, 0.5) is 11.6 Å². The lowest BCUT2D eigenvalue weighted by Crippen LogP contribution is -2.21. The number of nitrogens with one attached hydrogen (secondary N) is 2. The van der Waals surface area contributed by atoms with Gasteiger partial charge in [0.25, 0.3) is 0 Å². The van der Waals surface area contributed by atoms with E-state index in [0.717, 1.165) is 53.4 Å². The number of hydrogen-bond donors (Lipinski definition) is 2. The summed E-state index contributed by atoms with van der Waals surface area (Å²) in [6.07, 6.45) is 8.48. The van der Waals surface area contributed by atoms with Crippen LogP contribution in [0.5, 0.6) is 0 Å². The van der Waals surface area contributed by atoms with Gasteiger partial charge in [0, 0.05) is 13.1 Å². The van der Waals surface area contributed by atoms with E-state index >= 15 is 0 Å². The fourth-order valence-corrected chi connectivity index (χ4v) is 4.20. The first kappa shape index (κ1) is 14.1. The molecule has 3 unspecified atom stereocenters. The minimum atomic E-state index is 0.836. The Labute approximate surface area is 129 Å². The Morgan fingerprint density at radius 3 is 2.65 bits per heavy atom. The van der Waals surface area contributed by atoms with Crippen molar-refractivity contribution in [3.63, 3.8) is 0 Å². The van der Waals surface area contributed by atoms with Crippen LogP contribution in [0.2, 0.25) is 0 Å². The van der Waals surface area contributed by atoms with Gasteiger partial charge in [-0.25, -0.2) is 9.97 Å². The van der Waals surface area contributed by atoms with E-state index in [2.05, 4.69) is 43.5 Å². The predicted octanol–water partition coefficient (Wildman–Crippen LogP) is 3.91. The summed E-state index contributed by atoms with van der Waals surface area (Å²) in [6, 6.07) is 0. The summed E-state index contributed by atoms with van der Waals surface area (Å²) in [5.74, 6) is 4.59. The Morgan fingerprint density at radius 2 is 2.00 bits per heavy atom. The molecule has 20 heavy (non-hydrogen) atoms. The molecule has 1 aromatic heterocycles. The molecule has 2 fully saturated rings. The van der Waals surface area contributed by atoms with Gasteiger partial charge >= 0.3 is 0 Å². The van der Waals surface area contributed by atoms with Crippen molar-refractivity contribution in [1.82, 2.24) is 9.97 Å². The van der Waals surface area contributed by atoms with Gasteiger partial charge in [-0.1, -0.05) is 13.3 Å². The summed E-state index contributed by atoms with van der Waals surface area (Å²) in [7, 11) is 0. The Bertz CT molecular complexity index is 465. The zero-order chi connectivity index (χ0) is 13.9. The number of nitrogens with zero attached hydrogens (tertiary/aromatic N) is 2. The lowest BCUT2D eigenvalue weighted by molar-refractivity contribution is 0.348. The van der Waals surface area contributed by atoms with Crippen molar-refractivity contribution in [2.75, 3.05) is 23.7 Å². The van der Waals surface area contributed by atoms with Gasteiger partial charge in [0.05, 0.1) is 0 Å². The summed E-state index contributed by atoms with van der Waals surface area (Å²) in [5, 5.41) is 6.84. The molecule has 4 nitrogen and oxygen atoms in total. The van der Waals surface area contributed by atoms with Crippen molar-refractivity contribution in [2.45, 2.75) is 39.0 Å². The molecule has 0 aliphatic heterocycles. The molecule has 0 saturated heterocycles. The first-order valence-electron chi connectivity index (χ1n) is 7.76. The molecule has 3 atom stereocenters. The van der Waals surface area contributed by atoms with Crippen molar-refractivity contribution in [2.24, 2.45) is 17.8 Å². The van der Waals surface area contributed by atoms with Gasteiger partial charge in [0.1, 0.15) is 22.4 Å². The maximum atomic E-state index is 4.36. The highest BCUT2D eigenvalue weighted by Crippen LogP contribution is 2.48. The maximum absolute atomic E-state index is 4.36. The van der Waals surface area contributed by atoms with Crippen LogP contribution >= 0.6 is 15.9 Å². The highest BCUT2D eigenvalue weighted by Gasteiger charge is 2.39. The average Bonchev–Trinajstić information content (AvgIpc) is 3.07. The molecule has 2 aliphatic rings. The molecule has 5 heteroatoms. The minimum absolute atomic E-state index is 0.836. The lowest BCUT2D eigenvalue weighted by Gasteiger charge is -2.22. The largest absolute Gasteiger partial charge is 0.369 e. The van der Waals surface area contributed by atoms with Gasteiger partial charge in [-0.15, -0.1) is 0 Å². The highest BCUT2D eigenvalue weighted by atomic mass is 79.9. The number of aromatic nitrogens is 2. The average molecular weight is 339 g/mol. The van der Waals surface area contributed by atoms with Crippen LogP contribution in [0.1, 0.15) is 39.0 Å². The van der Waals surface area contributed by atoms with E-state index in [0.29, 0.717) is 0 Å². The molecule has 0 aromatic carbocycles. The van der Waals surface area contributed by atoms with E-state index in [-0.39, 0.29) is 0 Å². The van der Waals surface area contributed by atoms with Crippen LogP contribution in [0, 0.1) is 17.8 Å². The Hall–Kier alpha value is -0.840. The van der Waals surface area contributed by atoms with E-state index in [9.17, 15) is 0 Å². The van der Waals surface area contributed by atoms with E-state index in [1.54, 1.807) is 6.33 Å². The third-order valence-electron chi connectivity index (χ3n) is 4.75. The van der Waals surface area contributed by atoms with Crippen LogP contribution < -0.4 is 10.6 Å². The van der Waals surface area contributed by atoms with Crippen molar-refractivity contribution in [3.8, 4) is 0 Å². The Balaban J connectivity index is 1.59. The molecular formula is C15H23BrN4. The van der Waals surface area contributed by atoms with Gasteiger partial charge in [-0.05, 0) is 59.4 Å². The monoisotopic (exact) mass is 338 g/mol. The molecule has 3 rings (SSSR count). The van der Waals surface area contributed by atoms with E-state index in [1.807, 2.05) is 0 Å². The molecule has 2 saturated carbocycles. The summed E-state index contributed by atoms with van der Waals surface area (Å²) < 4.78 is 0.955. The van der Waals surface area contributed by atoms with E-state index in [1.165, 1.54) is 25.7 Å². The molecular weight excluding hydrogens is 316 g/mol. The molecule has 2 bridgehead atoms. The Morgan fingerprint density at radius 1 is 1.20 bits per heavy atom. The predicted molar refractivity (Wildman–Crippen MR) is 85.9 cm³/mol. The normalized spacial score (nSPS) is 27.8. The number of halogens is 1. The van der Waals surface area contributed by atoms with Gasteiger partial charge in [-0.3, -0.25) is 0 Å². The van der Waals surface area contributed by atoms with Crippen LogP contribution in [0.25, 0.3) is 0 Å². The topological polar surface area (TPSA) is 49.8 Å². The summed E-state index contributed by atoms with van der Waals surface area (Å²) in [5.41, 5.74) is 0. The molecule has 2 aliphatic carbocycles. The SMILES string of the molecule is CCCNc1ncnc(NCC2CC3CCC2C3)c1Br. The van der Waals surface area contributed by atoms with Crippen molar-refractivity contribution in [3.05, 3.63) is 10.8 Å². The first-order chi connectivity index (χ1) is 9.78. The standard InChI is InChI=1S/C15H23BrN4/c1-2-5-17-14-13(16)15(20-9-19-14)18-8-12-7-10-3-4-11(12)6-10/h9-12H,2-8H2,1H3,(H2,17,18,19,20). The quantitative estimate of drug-likeness (QED) is 0.825. The highest BCUT2D eigenvalue weighted by molar-refractivity contribution is 9.10. The van der Waals surface area contributed by atoms with Gasteiger partial charge in [0.15, 0.2) is 0 Å². The lowest BCUT2D eigenvalue weighted by atomic mass is 9.89. The van der Waals surface area contributed by atoms with Gasteiger partial charge in [-0.2, -0.15) is 0 Å². The number of anilines is 2. The summed E-state index contributed by atoms with van der Waals surface area (Å²) in [4.78, 5) is 8.65. The first-order valence-corrected chi connectivity index (χ1v) is 8.55. The van der Waals surface area contributed by atoms with E-state index < -0.39 is 0 Å². The van der Waals surface area contributed by atoms with Crippen LogP contribution in [0.3, 0.4) is 0 Å². The minimum Gasteiger partial charge on any atom is -0.369 e. The van der Waals surface area contributed by atoms with Crippen molar-refractivity contribution in [1.29, 1.82) is 0 Å². The smallest absolute Gasteiger partial charge is 0.145 e. The molecule has 1 aromatic rings. The third-order valence-corrected chi connectivity index (χ3v) is 5.50. The number of fused-ring (bicyclic) bond motifs is 2.